The van der Waals surface area contributed by atoms with Crippen molar-refractivity contribution < 1.29 is 22.8 Å². The third kappa shape index (κ3) is 4.33. The van der Waals surface area contributed by atoms with E-state index in [-0.39, 0.29) is 23.4 Å². The third-order valence-electron chi connectivity index (χ3n) is 3.40. The second-order valence-corrected chi connectivity index (χ2v) is 5.92. The smallest absolute Gasteiger partial charge is 0.370 e. The van der Waals surface area contributed by atoms with Gasteiger partial charge in [0.05, 0.1) is 0 Å². The number of nitrogens with zero attached hydrogens (tertiary/aromatic N) is 2. The number of halogens is 3. The molecule has 1 aliphatic rings. The number of urea groups is 1. The number of nitrogens with one attached hydrogen (secondary N) is 1. The molecule has 10 heteroatoms. The summed E-state index contributed by atoms with van der Waals surface area (Å²) in [6, 6.07) is -0.486. The summed E-state index contributed by atoms with van der Waals surface area (Å²) in [4.78, 5) is 27.6. The van der Waals surface area contributed by atoms with Gasteiger partial charge in [0, 0.05) is 24.9 Å². The number of amides is 3. The first-order valence-electron chi connectivity index (χ1n) is 6.62. The lowest BCUT2D eigenvalue weighted by atomic mass is 9.93. The zero-order valence-electron chi connectivity index (χ0n) is 11.5. The predicted molar refractivity (Wildman–Crippen MR) is 74.2 cm³/mol. The van der Waals surface area contributed by atoms with Gasteiger partial charge in [-0.05, 0) is 18.8 Å². The average Bonchev–Trinajstić information content (AvgIpc) is 2.87. The topological polar surface area (TPSA) is 88.3 Å². The van der Waals surface area contributed by atoms with Gasteiger partial charge in [0.25, 0.3) is 0 Å². The van der Waals surface area contributed by atoms with Crippen LogP contribution in [0, 0.1) is 5.92 Å². The van der Waals surface area contributed by atoms with Gasteiger partial charge in [-0.15, -0.1) is 11.3 Å². The molecule has 1 saturated heterocycles. The minimum absolute atomic E-state index is 0.0865. The van der Waals surface area contributed by atoms with E-state index in [2.05, 4.69) is 10.3 Å². The zero-order chi connectivity index (χ0) is 16.3. The fraction of sp³-hybridized carbons (Fsp3) is 0.583. The van der Waals surface area contributed by atoms with Crippen molar-refractivity contribution in [3.05, 3.63) is 11.1 Å². The van der Waals surface area contributed by atoms with Gasteiger partial charge in [0.1, 0.15) is 0 Å². The van der Waals surface area contributed by atoms with Crippen LogP contribution in [-0.2, 0) is 11.0 Å². The Labute approximate surface area is 128 Å². The van der Waals surface area contributed by atoms with Crippen molar-refractivity contribution in [3.8, 4) is 0 Å². The van der Waals surface area contributed by atoms with Crippen LogP contribution in [-0.4, -0.2) is 34.9 Å². The maximum Gasteiger partial charge on any atom is 0.434 e. The van der Waals surface area contributed by atoms with Crippen molar-refractivity contribution in [2.75, 3.05) is 18.4 Å². The number of anilines is 1. The van der Waals surface area contributed by atoms with Crippen LogP contribution in [0.2, 0.25) is 0 Å². The number of likely N-dealkylation sites (tertiary alicyclic amines) is 1. The van der Waals surface area contributed by atoms with Crippen molar-refractivity contribution in [1.29, 1.82) is 0 Å². The molecular weight excluding hydrogens is 321 g/mol. The van der Waals surface area contributed by atoms with Gasteiger partial charge in [-0.2, -0.15) is 13.2 Å². The van der Waals surface area contributed by atoms with E-state index in [1.54, 1.807) is 0 Å². The Balaban J connectivity index is 1.86. The van der Waals surface area contributed by atoms with Crippen molar-refractivity contribution in [2.24, 2.45) is 11.7 Å². The van der Waals surface area contributed by atoms with E-state index >= 15 is 0 Å². The standard InChI is InChI=1S/C12H15F3N4O2S/c13-12(14,15)8-6-22-10(17-8)18-11(21)19-3-1-7(2-4-19)5-9(16)20/h6-7H,1-5H2,(H2,16,20)(H,17,18,21). The van der Waals surface area contributed by atoms with E-state index in [4.69, 9.17) is 5.73 Å². The molecule has 0 aromatic carbocycles. The Morgan fingerprint density at radius 2 is 2.05 bits per heavy atom. The van der Waals surface area contributed by atoms with E-state index in [0.717, 1.165) is 16.7 Å². The number of carbonyl (C=O) groups excluding carboxylic acids is 2. The lowest BCUT2D eigenvalue weighted by molar-refractivity contribution is -0.140. The zero-order valence-corrected chi connectivity index (χ0v) is 12.3. The molecule has 0 atom stereocenters. The molecule has 0 unspecified atom stereocenters. The third-order valence-corrected chi connectivity index (χ3v) is 4.16. The number of aromatic nitrogens is 1. The van der Waals surface area contributed by atoms with Crippen LogP contribution in [0.1, 0.15) is 25.0 Å². The predicted octanol–water partition coefficient (Wildman–Crippen LogP) is 2.28. The highest BCUT2D eigenvalue weighted by molar-refractivity contribution is 7.13. The number of alkyl halides is 3. The molecule has 1 aromatic heterocycles. The molecule has 1 aliphatic heterocycles. The summed E-state index contributed by atoms with van der Waals surface area (Å²) in [6.45, 7) is 0.864. The summed E-state index contributed by atoms with van der Waals surface area (Å²) in [5, 5.41) is 3.13. The Morgan fingerprint density at radius 1 is 1.41 bits per heavy atom. The molecule has 0 radical (unpaired) electrons. The molecule has 3 N–H and O–H groups in total. The van der Waals surface area contributed by atoms with E-state index < -0.39 is 17.9 Å². The molecule has 2 rings (SSSR count). The molecule has 0 saturated carbocycles. The number of carbonyl (C=O) groups is 2. The van der Waals surface area contributed by atoms with Crippen LogP contribution >= 0.6 is 11.3 Å². The fourth-order valence-electron chi connectivity index (χ4n) is 2.26. The number of hydrogen-bond acceptors (Lipinski definition) is 4. The van der Waals surface area contributed by atoms with Crippen molar-refractivity contribution >= 4 is 28.4 Å². The normalized spacial score (nSPS) is 16.6. The molecule has 0 spiro atoms. The van der Waals surface area contributed by atoms with Crippen LogP contribution < -0.4 is 11.1 Å². The highest BCUT2D eigenvalue weighted by Crippen LogP contribution is 2.31. The van der Waals surface area contributed by atoms with E-state index in [1.807, 2.05) is 0 Å². The van der Waals surface area contributed by atoms with Gasteiger partial charge in [-0.3, -0.25) is 10.1 Å². The number of thiazole rings is 1. The summed E-state index contributed by atoms with van der Waals surface area (Å²) in [5.74, 6) is -0.219. The van der Waals surface area contributed by atoms with Gasteiger partial charge in [-0.25, -0.2) is 9.78 Å². The van der Waals surface area contributed by atoms with Crippen molar-refractivity contribution in [3.63, 3.8) is 0 Å². The summed E-state index contributed by atoms with van der Waals surface area (Å²) < 4.78 is 37.3. The first-order valence-corrected chi connectivity index (χ1v) is 7.50. The molecule has 1 aromatic rings. The fourth-order valence-corrected chi connectivity index (χ4v) is 2.96. The number of nitrogens with two attached hydrogens (primary N) is 1. The monoisotopic (exact) mass is 336 g/mol. The lowest BCUT2D eigenvalue weighted by Gasteiger charge is -2.31. The van der Waals surface area contributed by atoms with E-state index in [1.165, 1.54) is 4.90 Å². The Morgan fingerprint density at radius 3 is 2.55 bits per heavy atom. The molecule has 2 heterocycles. The SMILES string of the molecule is NC(=O)CC1CCN(C(=O)Nc2nc(C(F)(F)F)cs2)CC1. The Hall–Kier alpha value is -1.84. The second-order valence-electron chi connectivity index (χ2n) is 5.07. The maximum atomic E-state index is 12.4. The summed E-state index contributed by atoms with van der Waals surface area (Å²) in [7, 11) is 0. The molecule has 0 aliphatic carbocycles. The van der Waals surface area contributed by atoms with Gasteiger partial charge in [0.2, 0.25) is 5.91 Å². The van der Waals surface area contributed by atoms with Crippen LogP contribution in [0.25, 0.3) is 0 Å². The van der Waals surface area contributed by atoms with Gasteiger partial charge < -0.3 is 10.6 Å². The van der Waals surface area contributed by atoms with Crippen molar-refractivity contribution in [1.82, 2.24) is 9.88 Å². The summed E-state index contributed by atoms with van der Waals surface area (Å²) >= 11 is 0.727. The summed E-state index contributed by atoms with van der Waals surface area (Å²) in [5.41, 5.74) is 4.11. The highest BCUT2D eigenvalue weighted by Gasteiger charge is 2.34. The van der Waals surface area contributed by atoms with Gasteiger partial charge in [0.15, 0.2) is 10.8 Å². The Bertz CT molecular complexity index is 553. The van der Waals surface area contributed by atoms with E-state index in [9.17, 15) is 22.8 Å². The molecule has 0 bridgehead atoms. The number of primary amides is 1. The molecule has 22 heavy (non-hydrogen) atoms. The molecule has 6 nitrogen and oxygen atoms in total. The quantitative estimate of drug-likeness (QED) is 0.887. The molecular formula is C12H15F3N4O2S. The van der Waals surface area contributed by atoms with Gasteiger partial charge in [-0.1, -0.05) is 0 Å². The number of piperidine rings is 1. The summed E-state index contributed by atoms with van der Waals surface area (Å²) in [6.07, 6.45) is -2.95. The first kappa shape index (κ1) is 16.5. The second kappa shape index (κ2) is 6.51. The number of rotatable bonds is 3. The minimum atomic E-state index is -4.52. The highest BCUT2D eigenvalue weighted by atomic mass is 32.1. The van der Waals surface area contributed by atoms with Crippen LogP contribution in [0.15, 0.2) is 5.38 Å². The Kier molecular flexibility index (Phi) is 4.89. The first-order chi connectivity index (χ1) is 10.3. The minimum Gasteiger partial charge on any atom is -0.370 e. The van der Waals surface area contributed by atoms with Gasteiger partial charge >= 0.3 is 12.2 Å². The van der Waals surface area contributed by atoms with Crippen molar-refractivity contribution in [2.45, 2.75) is 25.4 Å². The van der Waals surface area contributed by atoms with Crippen LogP contribution in [0.4, 0.5) is 23.1 Å². The molecule has 3 amide bonds. The average molecular weight is 336 g/mol. The van der Waals surface area contributed by atoms with Crippen LogP contribution in [0.5, 0.6) is 0 Å². The maximum absolute atomic E-state index is 12.4. The molecule has 1 fully saturated rings. The van der Waals surface area contributed by atoms with E-state index in [0.29, 0.717) is 25.9 Å². The van der Waals surface area contributed by atoms with Crippen LogP contribution in [0.3, 0.4) is 0 Å². The molecule has 122 valence electrons. The number of hydrogen-bond donors (Lipinski definition) is 2. The lowest BCUT2D eigenvalue weighted by Crippen LogP contribution is -2.41. The largest absolute Gasteiger partial charge is 0.434 e.